The third-order valence-electron chi connectivity index (χ3n) is 4.80. The van der Waals surface area contributed by atoms with Gasteiger partial charge in [0, 0.05) is 17.3 Å². The van der Waals surface area contributed by atoms with Crippen molar-refractivity contribution < 1.29 is 17.9 Å². The van der Waals surface area contributed by atoms with Crippen LogP contribution in [0.3, 0.4) is 0 Å². The molecule has 0 saturated heterocycles. The molecule has 0 aliphatic heterocycles. The van der Waals surface area contributed by atoms with E-state index in [1.807, 2.05) is 18.2 Å². The number of sulfonamides is 1. The average molecular weight is 470 g/mol. The first kappa shape index (κ1) is 21.7. The number of benzene rings is 3. The lowest BCUT2D eigenvalue weighted by Crippen LogP contribution is -2.14. The van der Waals surface area contributed by atoms with Crippen molar-refractivity contribution >= 4 is 27.3 Å². The van der Waals surface area contributed by atoms with Crippen LogP contribution in [-0.4, -0.2) is 32.4 Å². The summed E-state index contributed by atoms with van der Waals surface area (Å²) in [7, 11) is -1.06. The standard InChI is InChI=1S/C23H20ClN3O4S/c1-30-21-15-22(31-2)23(32(28,29)26-16-8-4-3-5-9-16)14-17(21)19-12-13-25-27(19)20-11-7-6-10-18(20)24/h3-15,26H,1-2H3. The van der Waals surface area contributed by atoms with Gasteiger partial charge < -0.3 is 9.47 Å². The molecule has 0 aliphatic carbocycles. The van der Waals surface area contributed by atoms with Gasteiger partial charge in [0.25, 0.3) is 10.0 Å². The molecule has 9 heteroatoms. The van der Waals surface area contributed by atoms with Gasteiger partial charge in [-0.15, -0.1) is 0 Å². The van der Waals surface area contributed by atoms with Crippen molar-refractivity contribution in [1.29, 1.82) is 0 Å². The second-order valence-corrected chi connectivity index (χ2v) is 8.81. The van der Waals surface area contributed by atoms with Gasteiger partial charge in [0.15, 0.2) is 0 Å². The minimum absolute atomic E-state index is 0.0356. The fourth-order valence-corrected chi connectivity index (χ4v) is 4.77. The van der Waals surface area contributed by atoms with E-state index in [4.69, 9.17) is 21.1 Å². The van der Waals surface area contributed by atoms with E-state index in [-0.39, 0.29) is 10.6 Å². The molecule has 0 saturated carbocycles. The van der Waals surface area contributed by atoms with Gasteiger partial charge in [0.2, 0.25) is 0 Å². The molecule has 0 spiro atoms. The Labute approximate surface area is 191 Å². The number of anilines is 1. The Balaban J connectivity index is 1.89. The van der Waals surface area contributed by atoms with E-state index >= 15 is 0 Å². The van der Waals surface area contributed by atoms with Gasteiger partial charge in [-0.25, -0.2) is 13.1 Å². The van der Waals surface area contributed by atoms with Gasteiger partial charge in [-0.1, -0.05) is 41.9 Å². The zero-order valence-corrected chi connectivity index (χ0v) is 18.9. The maximum absolute atomic E-state index is 13.2. The van der Waals surface area contributed by atoms with Crippen LogP contribution < -0.4 is 14.2 Å². The van der Waals surface area contributed by atoms with Gasteiger partial charge in [-0.3, -0.25) is 4.72 Å². The highest BCUT2D eigenvalue weighted by atomic mass is 35.5. The smallest absolute Gasteiger partial charge is 0.265 e. The van der Waals surface area contributed by atoms with Crippen LogP contribution in [0.4, 0.5) is 5.69 Å². The number of halogens is 1. The zero-order chi connectivity index (χ0) is 22.7. The SMILES string of the molecule is COc1cc(OC)c(S(=O)(=O)Nc2ccccc2)cc1-c1ccnn1-c1ccccc1Cl. The first-order valence-electron chi connectivity index (χ1n) is 9.58. The monoisotopic (exact) mass is 469 g/mol. The summed E-state index contributed by atoms with van der Waals surface area (Å²) >= 11 is 6.37. The number of rotatable bonds is 7. The molecule has 164 valence electrons. The Morgan fingerprint density at radius 2 is 1.59 bits per heavy atom. The summed E-state index contributed by atoms with van der Waals surface area (Å²) in [6.07, 6.45) is 1.61. The minimum Gasteiger partial charge on any atom is -0.496 e. The van der Waals surface area contributed by atoms with E-state index < -0.39 is 10.0 Å². The molecule has 1 N–H and O–H groups in total. The average Bonchev–Trinajstić information content (AvgIpc) is 3.28. The molecular formula is C23H20ClN3O4S. The summed E-state index contributed by atoms with van der Waals surface area (Å²) in [5.41, 5.74) is 2.21. The molecule has 32 heavy (non-hydrogen) atoms. The first-order chi connectivity index (χ1) is 15.4. The molecule has 0 atom stereocenters. The minimum atomic E-state index is -3.97. The van der Waals surface area contributed by atoms with Crippen molar-refractivity contribution in [2.75, 3.05) is 18.9 Å². The Kier molecular flexibility index (Phi) is 6.07. The fraction of sp³-hybridized carbons (Fsp3) is 0.0870. The molecule has 7 nitrogen and oxygen atoms in total. The second kappa shape index (κ2) is 8.94. The van der Waals surface area contributed by atoms with Crippen molar-refractivity contribution in [1.82, 2.24) is 9.78 Å². The Morgan fingerprint density at radius 1 is 0.906 bits per heavy atom. The maximum atomic E-state index is 13.2. The van der Waals surface area contributed by atoms with Crippen molar-refractivity contribution in [2.45, 2.75) is 4.90 Å². The molecule has 1 heterocycles. The summed E-state index contributed by atoms with van der Waals surface area (Å²) in [4.78, 5) is -0.0356. The van der Waals surface area contributed by atoms with Gasteiger partial charge >= 0.3 is 0 Å². The first-order valence-corrected chi connectivity index (χ1v) is 11.4. The molecule has 4 aromatic rings. The largest absolute Gasteiger partial charge is 0.496 e. The number of ether oxygens (including phenoxy) is 2. The topological polar surface area (TPSA) is 82.4 Å². The van der Waals surface area contributed by atoms with Crippen LogP contribution in [0.5, 0.6) is 11.5 Å². The maximum Gasteiger partial charge on any atom is 0.265 e. The second-order valence-electron chi connectivity index (χ2n) is 6.75. The number of para-hydroxylation sites is 2. The molecule has 0 aliphatic rings. The number of aromatic nitrogens is 2. The van der Waals surface area contributed by atoms with E-state index in [2.05, 4.69) is 9.82 Å². The number of nitrogens with zero attached hydrogens (tertiary/aromatic N) is 2. The molecular weight excluding hydrogens is 450 g/mol. The van der Waals surface area contributed by atoms with E-state index in [0.29, 0.717) is 33.4 Å². The van der Waals surface area contributed by atoms with E-state index in [9.17, 15) is 8.42 Å². The Morgan fingerprint density at radius 3 is 2.28 bits per heavy atom. The number of hydrogen-bond acceptors (Lipinski definition) is 5. The molecule has 3 aromatic carbocycles. The van der Waals surface area contributed by atoms with Gasteiger partial charge in [-0.05, 0) is 36.4 Å². The van der Waals surface area contributed by atoms with Crippen LogP contribution in [0.2, 0.25) is 5.02 Å². The Bertz CT molecular complexity index is 1350. The number of methoxy groups -OCH3 is 2. The number of hydrogen-bond donors (Lipinski definition) is 1. The predicted octanol–water partition coefficient (Wildman–Crippen LogP) is 5.01. The molecule has 0 radical (unpaired) electrons. The molecule has 0 amide bonds. The highest BCUT2D eigenvalue weighted by molar-refractivity contribution is 7.92. The van der Waals surface area contributed by atoms with Crippen molar-refractivity contribution in [2.24, 2.45) is 0 Å². The van der Waals surface area contributed by atoms with Crippen molar-refractivity contribution in [3.05, 3.63) is 84.0 Å². The van der Waals surface area contributed by atoms with E-state index in [1.165, 1.54) is 20.3 Å². The molecule has 0 unspecified atom stereocenters. The molecule has 4 rings (SSSR count). The highest BCUT2D eigenvalue weighted by Gasteiger charge is 2.25. The molecule has 1 aromatic heterocycles. The van der Waals surface area contributed by atoms with Crippen LogP contribution in [-0.2, 0) is 10.0 Å². The fourth-order valence-electron chi connectivity index (χ4n) is 3.32. The van der Waals surface area contributed by atoms with E-state index in [1.54, 1.807) is 59.4 Å². The van der Waals surface area contributed by atoms with Crippen LogP contribution in [0.1, 0.15) is 0 Å². The summed E-state index contributed by atoms with van der Waals surface area (Å²) in [6, 6.07) is 20.7. The summed E-state index contributed by atoms with van der Waals surface area (Å²) in [5, 5.41) is 4.88. The third kappa shape index (κ3) is 4.15. The van der Waals surface area contributed by atoms with Crippen LogP contribution in [0, 0.1) is 0 Å². The van der Waals surface area contributed by atoms with Crippen molar-refractivity contribution in [3.8, 4) is 28.4 Å². The summed E-state index contributed by atoms with van der Waals surface area (Å²) < 4.78 is 41.6. The summed E-state index contributed by atoms with van der Waals surface area (Å²) in [5.74, 6) is 0.576. The lowest BCUT2D eigenvalue weighted by Gasteiger charge is -2.17. The van der Waals surface area contributed by atoms with Crippen LogP contribution in [0.15, 0.2) is 83.9 Å². The lowest BCUT2D eigenvalue weighted by molar-refractivity contribution is 0.387. The van der Waals surface area contributed by atoms with Crippen LogP contribution in [0.25, 0.3) is 16.9 Å². The Hall–Kier alpha value is -3.49. The molecule has 0 bridgehead atoms. The van der Waals surface area contributed by atoms with E-state index in [0.717, 1.165) is 0 Å². The zero-order valence-electron chi connectivity index (χ0n) is 17.3. The van der Waals surface area contributed by atoms with Crippen LogP contribution >= 0.6 is 11.6 Å². The third-order valence-corrected chi connectivity index (χ3v) is 6.52. The highest BCUT2D eigenvalue weighted by Crippen LogP contribution is 2.39. The van der Waals surface area contributed by atoms with Gasteiger partial charge in [0.05, 0.1) is 36.8 Å². The predicted molar refractivity (Wildman–Crippen MR) is 124 cm³/mol. The van der Waals surface area contributed by atoms with Gasteiger partial charge in [0.1, 0.15) is 16.4 Å². The molecule has 0 fully saturated rings. The quantitative estimate of drug-likeness (QED) is 0.411. The normalized spacial score (nSPS) is 11.2. The summed E-state index contributed by atoms with van der Waals surface area (Å²) in [6.45, 7) is 0. The van der Waals surface area contributed by atoms with Gasteiger partial charge in [-0.2, -0.15) is 5.10 Å². The lowest BCUT2D eigenvalue weighted by atomic mass is 10.1. The number of nitrogens with one attached hydrogen (secondary N) is 1. The van der Waals surface area contributed by atoms with Crippen molar-refractivity contribution in [3.63, 3.8) is 0 Å².